The summed E-state index contributed by atoms with van der Waals surface area (Å²) in [5.74, 6) is 0. The van der Waals surface area contributed by atoms with Crippen molar-refractivity contribution >= 4 is 6.41 Å². The van der Waals surface area contributed by atoms with Crippen LogP contribution in [-0.4, -0.2) is 38.5 Å². The molecular weight excluding hydrogens is 128 g/mol. The highest BCUT2D eigenvalue weighted by atomic mass is 16.1. The SMILES string of the molecule is CNCCCCN(C)C=O. The van der Waals surface area contributed by atoms with Crippen LogP contribution in [-0.2, 0) is 4.79 Å². The second-order valence-corrected chi connectivity index (χ2v) is 2.40. The molecule has 0 rings (SSSR count). The zero-order valence-corrected chi connectivity index (χ0v) is 6.76. The molecule has 1 amide bonds. The summed E-state index contributed by atoms with van der Waals surface area (Å²) >= 11 is 0. The third-order valence-electron chi connectivity index (χ3n) is 1.37. The number of rotatable bonds is 6. The maximum Gasteiger partial charge on any atom is 0.209 e. The lowest BCUT2D eigenvalue weighted by molar-refractivity contribution is -0.117. The standard InChI is InChI=1S/C7H16N2O/c1-8-5-3-4-6-9(2)7-10/h7-8H,3-6H2,1-2H3. The molecule has 60 valence electrons. The van der Waals surface area contributed by atoms with Crippen molar-refractivity contribution in [2.75, 3.05) is 27.2 Å². The smallest absolute Gasteiger partial charge is 0.209 e. The quantitative estimate of drug-likeness (QED) is 0.423. The summed E-state index contributed by atoms with van der Waals surface area (Å²) in [4.78, 5) is 11.7. The Labute approximate surface area is 62.4 Å². The Bertz CT molecular complexity index is 85.7. The summed E-state index contributed by atoms with van der Waals surface area (Å²) in [6.45, 7) is 1.90. The van der Waals surface area contributed by atoms with Gasteiger partial charge in [0.15, 0.2) is 0 Å². The third kappa shape index (κ3) is 5.56. The Morgan fingerprint density at radius 2 is 2.20 bits per heavy atom. The number of amides is 1. The number of hydrogen-bond acceptors (Lipinski definition) is 2. The monoisotopic (exact) mass is 144 g/mol. The van der Waals surface area contributed by atoms with Gasteiger partial charge in [-0.3, -0.25) is 4.79 Å². The van der Waals surface area contributed by atoms with Crippen LogP contribution in [0.3, 0.4) is 0 Å². The molecule has 0 fully saturated rings. The van der Waals surface area contributed by atoms with E-state index in [1.54, 1.807) is 11.9 Å². The molecule has 0 heterocycles. The molecule has 0 saturated heterocycles. The van der Waals surface area contributed by atoms with Crippen LogP contribution in [0.15, 0.2) is 0 Å². The van der Waals surface area contributed by atoms with E-state index in [9.17, 15) is 4.79 Å². The minimum atomic E-state index is 0.860. The van der Waals surface area contributed by atoms with Gasteiger partial charge in [-0.1, -0.05) is 0 Å². The van der Waals surface area contributed by atoms with E-state index in [1.807, 2.05) is 7.05 Å². The molecule has 0 aromatic heterocycles. The highest BCUT2D eigenvalue weighted by Crippen LogP contribution is 1.87. The number of unbranched alkanes of at least 4 members (excludes halogenated alkanes) is 1. The Morgan fingerprint density at radius 3 is 2.70 bits per heavy atom. The van der Waals surface area contributed by atoms with Crippen molar-refractivity contribution in [3.8, 4) is 0 Å². The minimum absolute atomic E-state index is 0.860. The van der Waals surface area contributed by atoms with Gasteiger partial charge in [0.25, 0.3) is 0 Å². The van der Waals surface area contributed by atoms with Gasteiger partial charge in [-0.05, 0) is 26.4 Å². The molecule has 0 radical (unpaired) electrons. The van der Waals surface area contributed by atoms with Crippen molar-refractivity contribution in [1.82, 2.24) is 10.2 Å². The Hall–Kier alpha value is -0.570. The molecule has 0 aromatic rings. The lowest BCUT2D eigenvalue weighted by Gasteiger charge is -2.08. The summed E-state index contributed by atoms with van der Waals surface area (Å²) in [5.41, 5.74) is 0. The fourth-order valence-corrected chi connectivity index (χ4v) is 0.716. The van der Waals surface area contributed by atoms with Gasteiger partial charge >= 0.3 is 0 Å². The van der Waals surface area contributed by atoms with Gasteiger partial charge in [-0.15, -0.1) is 0 Å². The number of nitrogens with zero attached hydrogens (tertiary/aromatic N) is 1. The fraction of sp³-hybridized carbons (Fsp3) is 0.857. The summed E-state index contributed by atoms with van der Waals surface area (Å²) < 4.78 is 0. The van der Waals surface area contributed by atoms with Crippen LogP contribution < -0.4 is 5.32 Å². The Balaban J connectivity index is 2.95. The predicted molar refractivity (Wildman–Crippen MR) is 41.9 cm³/mol. The largest absolute Gasteiger partial charge is 0.348 e. The number of carbonyl (C=O) groups excluding carboxylic acids is 1. The van der Waals surface area contributed by atoms with Crippen LogP contribution >= 0.6 is 0 Å². The van der Waals surface area contributed by atoms with E-state index >= 15 is 0 Å². The maximum absolute atomic E-state index is 10.1. The zero-order chi connectivity index (χ0) is 7.82. The number of carbonyl (C=O) groups is 1. The molecule has 0 spiro atoms. The van der Waals surface area contributed by atoms with Gasteiger partial charge in [0, 0.05) is 13.6 Å². The minimum Gasteiger partial charge on any atom is -0.348 e. The van der Waals surface area contributed by atoms with E-state index in [4.69, 9.17) is 0 Å². The average Bonchev–Trinajstić information content (AvgIpc) is 1.98. The molecular formula is C7H16N2O. The van der Waals surface area contributed by atoms with Crippen LogP contribution in [0.4, 0.5) is 0 Å². The molecule has 3 nitrogen and oxygen atoms in total. The first-order valence-electron chi connectivity index (χ1n) is 3.61. The average molecular weight is 144 g/mol. The highest BCUT2D eigenvalue weighted by molar-refractivity contribution is 5.46. The van der Waals surface area contributed by atoms with Gasteiger partial charge < -0.3 is 10.2 Å². The van der Waals surface area contributed by atoms with Crippen LogP contribution in [0, 0.1) is 0 Å². The van der Waals surface area contributed by atoms with Crippen LogP contribution in [0.2, 0.25) is 0 Å². The Kier molecular flexibility index (Phi) is 6.18. The summed E-state index contributed by atoms with van der Waals surface area (Å²) in [7, 11) is 3.73. The lowest BCUT2D eigenvalue weighted by atomic mass is 10.3. The lowest BCUT2D eigenvalue weighted by Crippen LogP contribution is -2.18. The topological polar surface area (TPSA) is 32.3 Å². The van der Waals surface area contributed by atoms with E-state index in [2.05, 4.69) is 5.32 Å². The molecule has 0 aliphatic carbocycles. The molecule has 0 unspecified atom stereocenters. The van der Waals surface area contributed by atoms with Crippen LogP contribution in [0.5, 0.6) is 0 Å². The molecule has 0 atom stereocenters. The molecule has 10 heavy (non-hydrogen) atoms. The first-order valence-corrected chi connectivity index (χ1v) is 3.61. The van der Waals surface area contributed by atoms with Crippen molar-refractivity contribution in [2.24, 2.45) is 0 Å². The molecule has 0 saturated carbocycles. The van der Waals surface area contributed by atoms with Crippen LogP contribution in [0.1, 0.15) is 12.8 Å². The van der Waals surface area contributed by atoms with Gasteiger partial charge in [0.2, 0.25) is 6.41 Å². The second kappa shape index (κ2) is 6.55. The highest BCUT2D eigenvalue weighted by Gasteiger charge is 1.91. The fourth-order valence-electron chi connectivity index (χ4n) is 0.716. The number of nitrogens with one attached hydrogen (secondary N) is 1. The summed E-state index contributed by atoms with van der Waals surface area (Å²) in [6.07, 6.45) is 3.07. The second-order valence-electron chi connectivity index (χ2n) is 2.40. The van der Waals surface area contributed by atoms with E-state index in [0.29, 0.717) is 0 Å². The van der Waals surface area contributed by atoms with Crippen molar-refractivity contribution in [3.63, 3.8) is 0 Å². The van der Waals surface area contributed by atoms with Crippen molar-refractivity contribution in [3.05, 3.63) is 0 Å². The first-order chi connectivity index (χ1) is 4.81. The summed E-state index contributed by atoms with van der Waals surface area (Å²) in [6, 6.07) is 0. The molecule has 3 heteroatoms. The normalized spacial score (nSPS) is 9.40. The van der Waals surface area contributed by atoms with Gasteiger partial charge in [0.05, 0.1) is 0 Å². The first kappa shape index (κ1) is 9.43. The van der Waals surface area contributed by atoms with Gasteiger partial charge in [-0.2, -0.15) is 0 Å². The third-order valence-corrected chi connectivity index (χ3v) is 1.37. The van der Waals surface area contributed by atoms with E-state index in [-0.39, 0.29) is 0 Å². The number of hydrogen-bond donors (Lipinski definition) is 1. The zero-order valence-electron chi connectivity index (χ0n) is 6.76. The van der Waals surface area contributed by atoms with Crippen molar-refractivity contribution in [1.29, 1.82) is 0 Å². The molecule has 0 aliphatic heterocycles. The van der Waals surface area contributed by atoms with Gasteiger partial charge in [-0.25, -0.2) is 0 Å². The maximum atomic E-state index is 10.1. The Morgan fingerprint density at radius 1 is 1.50 bits per heavy atom. The van der Waals surface area contributed by atoms with Crippen molar-refractivity contribution < 1.29 is 4.79 Å². The van der Waals surface area contributed by atoms with Crippen LogP contribution in [0.25, 0.3) is 0 Å². The van der Waals surface area contributed by atoms with E-state index in [1.165, 1.54) is 0 Å². The molecule has 0 aliphatic rings. The van der Waals surface area contributed by atoms with E-state index < -0.39 is 0 Å². The summed E-state index contributed by atoms with van der Waals surface area (Å²) in [5, 5.41) is 3.05. The molecule has 0 aromatic carbocycles. The van der Waals surface area contributed by atoms with Gasteiger partial charge in [0.1, 0.15) is 0 Å². The molecule has 0 bridgehead atoms. The van der Waals surface area contributed by atoms with E-state index in [0.717, 1.165) is 32.3 Å². The molecule has 1 N–H and O–H groups in total. The van der Waals surface area contributed by atoms with Crippen molar-refractivity contribution in [2.45, 2.75) is 12.8 Å². The predicted octanol–water partition coefficient (Wildman–Crippen LogP) is 0.0742.